The van der Waals surface area contributed by atoms with Crippen LogP contribution in [0.15, 0.2) is 40.9 Å². The van der Waals surface area contributed by atoms with Crippen LogP contribution in [0.3, 0.4) is 0 Å². The molecule has 0 unspecified atom stereocenters. The van der Waals surface area contributed by atoms with Gasteiger partial charge in [-0.2, -0.15) is 0 Å². The van der Waals surface area contributed by atoms with E-state index in [1.54, 1.807) is 13.1 Å². The average molecular weight is 300 g/mol. The zero-order chi connectivity index (χ0) is 15.6. The summed E-state index contributed by atoms with van der Waals surface area (Å²) < 4.78 is 5.18. The van der Waals surface area contributed by atoms with Crippen molar-refractivity contribution in [1.82, 2.24) is 10.1 Å². The van der Waals surface area contributed by atoms with Gasteiger partial charge in [0, 0.05) is 25.2 Å². The fourth-order valence-corrected chi connectivity index (χ4v) is 3.01. The number of benzene rings is 1. The van der Waals surface area contributed by atoms with Crippen LogP contribution >= 0.6 is 0 Å². The molecule has 22 heavy (non-hydrogen) atoms. The third kappa shape index (κ3) is 3.04. The summed E-state index contributed by atoms with van der Waals surface area (Å²) in [4.78, 5) is 13.9. The summed E-state index contributed by atoms with van der Waals surface area (Å²) in [6, 6.07) is 11.2. The third-order valence-corrected chi connectivity index (χ3v) is 4.20. The van der Waals surface area contributed by atoms with Crippen LogP contribution in [0.4, 0.5) is 0 Å². The second kappa shape index (κ2) is 5.93. The second-order valence-electron chi connectivity index (χ2n) is 6.04. The molecule has 2 aromatic rings. The van der Waals surface area contributed by atoms with Crippen molar-refractivity contribution in [3.8, 4) is 11.3 Å². The smallest absolute Gasteiger partial charge is 0.292 e. The third-order valence-electron chi connectivity index (χ3n) is 4.20. The maximum atomic E-state index is 12.4. The van der Waals surface area contributed by atoms with Gasteiger partial charge in [0.05, 0.1) is 5.60 Å². The molecule has 0 bridgehead atoms. The van der Waals surface area contributed by atoms with Gasteiger partial charge in [0.25, 0.3) is 5.91 Å². The summed E-state index contributed by atoms with van der Waals surface area (Å²) >= 11 is 0. The van der Waals surface area contributed by atoms with E-state index in [1.165, 1.54) is 4.90 Å². The van der Waals surface area contributed by atoms with Crippen LogP contribution in [0.2, 0.25) is 0 Å². The molecule has 3 rings (SSSR count). The Morgan fingerprint density at radius 1 is 1.32 bits per heavy atom. The molecule has 1 fully saturated rings. The van der Waals surface area contributed by atoms with E-state index in [-0.39, 0.29) is 11.7 Å². The van der Waals surface area contributed by atoms with E-state index >= 15 is 0 Å². The quantitative estimate of drug-likeness (QED) is 0.942. The van der Waals surface area contributed by atoms with Crippen LogP contribution in [0.25, 0.3) is 11.3 Å². The summed E-state index contributed by atoms with van der Waals surface area (Å²) in [6.45, 7) is 0.327. The summed E-state index contributed by atoms with van der Waals surface area (Å²) in [5, 5.41) is 14.4. The first kappa shape index (κ1) is 14.8. The van der Waals surface area contributed by atoms with Crippen LogP contribution < -0.4 is 0 Å². The number of hydrogen-bond donors (Lipinski definition) is 1. The van der Waals surface area contributed by atoms with Crippen molar-refractivity contribution in [3.05, 3.63) is 42.2 Å². The Hall–Kier alpha value is -2.14. The van der Waals surface area contributed by atoms with Gasteiger partial charge >= 0.3 is 0 Å². The summed E-state index contributed by atoms with van der Waals surface area (Å²) in [7, 11) is 1.68. The minimum absolute atomic E-state index is 0.197. The number of aromatic nitrogens is 1. The molecule has 1 N–H and O–H groups in total. The van der Waals surface area contributed by atoms with E-state index in [1.807, 2.05) is 30.3 Å². The Morgan fingerprint density at radius 3 is 2.68 bits per heavy atom. The predicted molar refractivity (Wildman–Crippen MR) is 82.3 cm³/mol. The number of amides is 1. The van der Waals surface area contributed by atoms with Gasteiger partial charge in [0.15, 0.2) is 0 Å². The Balaban J connectivity index is 1.71. The fourth-order valence-electron chi connectivity index (χ4n) is 3.01. The van der Waals surface area contributed by atoms with Crippen molar-refractivity contribution in [1.29, 1.82) is 0 Å². The Morgan fingerprint density at radius 2 is 2.00 bits per heavy atom. The number of carbonyl (C=O) groups excluding carboxylic acids is 1. The maximum absolute atomic E-state index is 12.4. The zero-order valence-electron chi connectivity index (χ0n) is 12.7. The van der Waals surface area contributed by atoms with E-state index in [9.17, 15) is 9.90 Å². The van der Waals surface area contributed by atoms with Crippen molar-refractivity contribution in [3.63, 3.8) is 0 Å². The minimum Gasteiger partial charge on any atom is -0.388 e. The Bertz CT molecular complexity index is 645. The lowest BCUT2D eigenvalue weighted by atomic mass is 10.0. The molecule has 5 heteroatoms. The first-order valence-electron chi connectivity index (χ1n) is 7.57. The van der Waals surface area contributed by atoms with E-state index in [0.717, 1.165) is 31.2 Å². The number of likely N-dealkylation sites (N-methyl/N-ethyl adjacent to an activating group) is 1. The highest BCUT2D eigenvalue weighted by molar-refractivity contribution is 5.92. The monoisotopic (exact) mass is 300 g/mol. The molecule has 1 aliphatic rings. The van der Waals surface area contributed by atoms with E-state index < -0.39 is 5.60 Å². The molecular weight excluding hydrogens is 280 g/mol. The predicted octanol–water partition coefficient (Wildman–Crippen LogP) is 2.72. The lowest BCUT2D eigenvalue weighted by Gasteiger charge is -2.27. The van der Waals surface area contributed by atoms with E-state index in [0.29, 0.717) is 12.2 Å². The molecule has 0 atom stereocenters. The SMILES string of the molecule is CN(CC1(O)CCCC1)C(=O)c1cc(-c2ccccc2)no1. The van der Waals surface area contributed by atoms with Gasteiger partial charge < -0.3 is 14.5 Å². The number of carbonyl (C=O) groups is 1. The van der Waals surface area contributed by atoms with Crippen LogP contribution in [0, 0.1) is 0 Å². The van der Waals surface area contributed by atoms with Gasteiger partial charge in [-0.15, -0.1) is 0 Å². The molecule has 1 amide bonds. The topological polar surface area (TPSA) is 66.6 Å². The van der Waals surface area contributed by atoms with Gasteiger partial charge in [-0.3, -0.25) is 4.79 Å². The molecular formula is C17H20N2O3. The fraction of sp³-hybridized carbons (Fsp3) is 0.412. The van der Waals surface area contributed by atoms with Gasteiger partial charge in [-0.25, -0.2) is 0 Å². The van der Waals surface area contributed by atoms with Gasteiger partial charge in [-0.05, 0) is 12.8 Å². The van der Waals surface area contributed by atoms with Crippen molar-refractivity contribution in [2.75, 3.05) is 13.6 Å². The van der Waals surface area contributed by atoms with E-state index in [4.69, 9.17) is 4.52 Å². The van der Waals surface area contributed by atoms with Crippen LogP contribution in [0.5, 0.6) is 0 Å². The molecule has 5 nitrogen and oxygen atoms in total. The molecule has 0 aliphatic heterocycles. The summed E-state index contributed by atoms with van der Waals surface area (Å²) in [5.74, 6) is -0.0574. The largest absolute Gasteiger partial charge is 0.388 e. The maximum Gasteiger partial charge on any atom is 0.292 e. The number of hydrogen-bond acceptors (Lipinski definition) is 4. The van der Waals surface area contributed by atoms with Gasteiger partial charge in [0.1, 0.15) is 5.69 Å². The Kier molecular flexibility index (Phi) is 3.98. The lowest BCUT2D eigenvalue weighted by molar-refractivity contribution is 0.0144. The number of rotatable bonds is 4. The molecule has 1 heterocycles. The highest BCUT2D eigenvalue weighted by Crippen LogP contribution is 2.30. The first-order chi connectivity index (χ1) is 10.6. The zero-order valence-corrected chi connectivity index (χ0v) is 12.7. The Labute approximate surface area is 129 Å². The van der Waals surface area contributed by atoms with Crippen LogP contribution in [0.1, 0.15) is 36.2 Å². The summed E-state index contributed by atoms with van der Waals surface area (Å²) in [5.41, 5.74) is 0.784. The molecule has 1 aliphatic carbocycles. The first-order valence-corrected chi connectivity index (χ1v) is 7.57. The number of aliphatic hydroxyl groups is 1. The van der Waals surface area contributed by atoms with Crippen molar-refractivity contribution in [2.45, 2.75) is 31.3 Å². The van der Waals surface area contributed by atoms with Crippen LogP contribution in [-0.2, 0) is 0 Å². The average Bonchev–Trinajstić information content (AvgIpc) is 3.17. The molecule has 1 aromatic carbocycles. The van der Waals surface area contributed by atoms with Crippen molar-refractivity contribution < 1.29 is 14.4 Å². The molecule has 116 valence electrons. The minimum atomic E-state index is -0.757. The second-order valence-corrected chi connectivity index (χ2v) is 6.04. The van der Waals surface area contributed by atoms with Crippen molar-refractivity contribution >= 4 is 5.91 Å². The lowest BCUT2D eigenvalue weighted by Crippen LogP contribution is -2.41. The normalized spacial score (nSPS) is 16.6. The molecule has 1 aromatic heterocycles. The molecule has 1 saturated carbocycles. The standard InChI is InChI=1S/C17H20N2O3/c1-19(12-17(21)9-5-6-10-17)16(20)15-11-14(18-22-15)13-7-3-2-4-8-13/h2-4,7-8,11,21H,5-6,9-10,12H2,1H3. The highest BCUT2D eigenvalue weighted by Gasteiger charge is 2.34. The molecule has 0 saturated heterocycles. The highest BCUT2D eigenvalue weighted by atomic mass is 16.5. The van der Waals surface area contributed by atoms with E-state index in [2.05, 4.69) is 5.16 Å². The van der Waals surface area contributed by atoms with Gasteiger partial charge in [-0.1, -0.05) is 48.3 Å². The van der Waals surface area contributed by atoms with Gasteiger partial charge in [0.2, 0.25) is 5.76 Å². The summed E-state index contributed by atoms with van der Waals surface area (Å²) in [6.07, 6.45) is 3.52. The number of nitrogens with zero attached hydrogens (tertiary/aromatic N) is 2. The molecule has 0 radical (unpaired) electrons. The van der Waals surface area contributed by atoms with Crippen molar-refractivity contribution in [2.24, 2.45) is 0 Å². The molecule has 0 spiro atoms. The van der Waals surface area contributed by atoms with Crippen LogP contribution in [-0.4, -0.2) is 40.3 Å².